The average molecular weight is 477 g/mol. The average Bonchev–Trinajstić information content (AvgIpc) is 2.76. The highest BCUT2D eigenvalue weighted by Crippen LogP contribution is 2.31. The summed E-state index contributed by atoms with van der Waals surface area (Å²) in [6.45, 7) is 2.69. The molecule has 0 bridgehead atoms. The second kappa shape index (κ2) is 9.68. The number of benzene rings is 1. The van der Waals surface area contributed by atoms with Crippen molar-refractivity contribution in [3.05, 3.63) is 65.9 Å². The van der Waals surface area contributed by atoms with Gasteiger partial charge in [-0.05, 0) is 44.2 Å². The molecule has 34 heavy (non-hydrogen) atoms. The van der Waals surface area contributed by atoms with Gasteiger partial charge in [-0.1, -0.05) is 6.07 Å². The number of hydrogen-bond acceptors (Lipinski definition) is 8. The lowest BCUT2D eigenvalue weighted by Crippen LogP contribution is -2.40. The normalized spacial score (nSPS) is 11.9. The predicted octanol–water partition coefficient (Wildman–Crippen LogP) is 4.49. The number of pyridine rings is 1. The van der Waals surface area contributed by atoms with Crippen molar-refractivity contribution in [2.45, 2.75) is 25.6 Å². The molecular weight excluding hydrogens is 458 g/mol. The van der Waals surface area contributed by atoms with E-state index in [-0.39, 0.29) is 17.5 Å². The molecule has 178 valence electrons. The van der Waals surface area contributed by atoms with E-state index in [1.165, 1.54) is 38.4 Å². The van der Waals surface area contributed by atoms with Crippen LogP contribution in [0.3, 0.4) is 0 Å². The van der Waals surface area contributed by atoms with Gasteiger partial charge in [-0.2, -0.15) is 23.3 Å². The van der Waals surface area contributed by atoms with Crippen molar-refractivity contribution >= 4 is 35.3 Å². The smallest absolute Gasteiger partial charge is 0.416 e. The quantitative estimate of drug-likeness (QED) is 0.213. The summed E-state index contributed by atoms with van der Waals surface area (Å²) in [5, 5.41) is 18.4. The van der Waals surface area contributed by atoms with Crippen LogP contribution in [0.25, 0.3) is 0 Å². The highest BCUT2D eigenvalue weighted by molar-refractivity contribution is 5.81. The molecule has 0 aliphatic rings. The minimum Gasteiger partial charge on any atom is -0.480 e. The van der Waals surface area contributed by atoms with Crippen molar-refractivity contribution in [1.82, 2.24) is 15.0 Å². The summed E-state index contributed by atoms with van der Waals surface area (Å²) in [5.74, 6) is -2.45. The van der Waals surface area contributed by atoms with Crippen LogP contribution in [-0.4, -0.2) is 37.8 Å². The molecule has 0 aliphatic carbocycles. The van der Waals surface area contributed by atoms with E-state index in [2.05, 4.69) is 36.1 Å². The molecule has 0 atom stereocenters. The fourth-order valence-electron chi connectivity index (χ4n) is 2.51. The van der Waals surface area contributed by atoms with Gasteiger partial charge in [0.05, 0.1) is 35.6 Å². The number of nitrogens with zero attached hydrogens (tertiary/aromatic N) is 4. The number of carboxylic acid groups (broad SMARTS) is 1. The largest absolute Gasteiger partial charge is 0.480 e. The topological polar surface area (TPSA) is 124 Å². The number of carbonyl (C=O) groups is 1. The van der Waals surface area contributed by atoms with Crippen molar-refractivity contribution in [3.63, 3.8) is 0 Å². The van der Waals surface area contributed by atoms with Gasteiger partial charge in [0.25, 0.3) is 0 Å². The number of hydrazone groups is 1. The van der Waals surface area contributed by atoms with Crippen molar-refractivity contribution in [3.8, 4) is 0 Å². The Morgan fingerprint density at radius 1 is 1.09 bits per heavy atom. The van der Waals surface area contributed by atoms with Gasteiger partial charge in [0.2, 0.25) is 5.95 Å². The van der Waals surface area contributed by atoms with E-state index in [0.29, 0.717) is 11.4 Å². The first-order valence-corrected chi connectivity index (χ1v) is 9.67. The second-order valence-corrected chi connectivity index (χ2v) is 7.49. The lowest BCUT2D eigenvalue weighted by molar-refractivity contribution is -0.141. The number of alkyl halides is 3. The minimum atomic E-state index is -4.44. The number of carboxylic acids is 1. The summed E-state index contributed by atoms with van der Waals surface area (Å²) >= 11 is 0. The molecule has 0 fully saturated rings. The molecule has 3 aromatic rings. The molecule has 0 radical (unpaired) electrons. The fraction of sp³-hybridized carbons (Fsp3) is 0.190. The summed E-state index contributed by atoms with van der Waals surface area (Å²) in [7, 11) is 0. The highest BCUT2D eigenvalue weighted by atomic mass is 19.4. The molecule has 3 rings (SSSR count). The molecule has 13 heteroatoms. The number of hydrogen-bond donors (Lipinski definition) is 4. The summed E-state index contributed by atoms with van der Waals surface area (Å²) in [6.07, 6.45) is -0.862. The number of anilines is 4. The molecule has 4 N–H and O–H groups in total. The zero-order chi connectivity index (χ0) is 24.9. The molecule has 2 heterocycles. The van der Waals surface area contributed by atoms with E-state index >= 15 is 0 Å². The second-order valence-electron chi connectivity index (χ2n) is 7.49. The Hall–Kier alpha value is -4.29. The van der Waals surface area contributed by atoms with Crippen molar-refractivity contribution in [2.75, 3.05) is 16.1 Å². The van der Waals surface area contributed by atoms with Crippen LogP contribution in [0.15, 0.2) is 53.9 Å². The molecule has 2 aromatic heterocycles. The maximum atomic E-state index is 13.9. The van der Waals surface area contributed by atoms with Gasteiger partial charge in [0, 0.05) is 5.69 Å². The van der Waals surface area contributed by atoms with E-state index in [1.807, 2.05) is 0 Å². The Morgan fingerprint density at radius 2 is 1.85 bits per heavy atom. The van der Waals surface area contributed by atoms with E-state index in [0.717, 1.165) is 18.3 Å². The maximum absolute atomic E-state index is 13.9. The zero-order valence-electron chi connectivity index (χ0n) is 17.9. The van der Waals surface area contributed by atoms with Crippen LogP contribution in [0.1, 0.15) is 25.1 Å². The molecule has 0 saturated carbocycles. The van der Waals surface area contributed by atoms with Gasteiger partial charge in [0.15, 0.2) is 11.6 Å². The SMILES string of the molecule is CC(C)(Nc1nc(N/N=C/c2ccc(Nc3cccc(C(F)(F)F)c3)cn2)ncc1F)C(=O)O. The molecule has 0 saturated heterocycles. The molecule has 0 aliphatic heterocycles. The first-order valence-electron chi connectivity index (χ1n) is 9.67. The molecule has 0 spiro atoms. The Bertz CT molecular complexity index is 1200. The van der Waals surface area contributed by atoms with Crippen molar-refractivity contribution < 1.29 is 27.5 Å². The van der Waals surface area contributed by atoms with Crippen LogP contribution < -0.4 is 16.1 Å². The third-order valence-electron chi connectivity index (χ3n) is 4.34. The van der Waals surface area contributed by atoms with E-state index < -0.39 is 29.1 Å². The van der Waals surface area contributed by atoms with Gasteiger partial charge < -0.3 is 15.7 Å². The standard InChI is InChI=1S/C21H19F4N7O2/c1-20(2,18(33)34)31-17-16(22)11-27-19(30-17)32-28-10-14-6-7-15(9-26-14)29-13-5-3-4-12(8-13)21(23,24)25/h3-11,29H,1-2H3,(H,33,34)(H2,27,30,31,32)/b28-10+. The molecular formula is C21H19F4N7O2. The van der Waals surface area contributed by atoms with E-state index in [4.69, 9.17) is 5.11 Å². The zero-order valence-corrected chi connectivity index (χ0v) is 17.9. The number of nitrogens with one attached hydrogen (secondary N) is 3. The van der Waals surface area contributed by atoms with Crippen LogP contribution in [0.2, 0.25) is 0 Å². The van der Waals surface area contributed by atoms with Gasteiger partial charge >= 0.3 is 12.1 Å². The van der Waals surface area contributed by atoms with Gasteiger partial charge in [-0.25, -0.2) is 19.6 Å². The van der Waals surface area contributed by atoms with Gasteiger partial charge in [-0.3, -0.25) is 4.98 Å². The summed E-state index contributed by atoms with van der Waals surface area (Å²) < 4.78 is 52.4. The summed E-state index contributed by atoms with van der Waals surface area (Å²) in [4.78, 5) is 22.9. The van der Waals surface area contributed by atoms with Gasteiger partial charge in [0.1, 0.15) is 5.54 Å². The Morgan fingerprint density at radius 3 is 2.50 bits per heavy atom. The number of rotatable bonds is 8. The molecule has 0 unspecified atom stereocenters. The Labute approximate surface area is 191 Å². The minimum absolute atomic E-state index is 0.0934. The highest BCUT2D eigenvalue weighted by Gasteiger charge is 2.30. The Kier molecular flexibility index (Phi) is 6.94. The van der Waals surface area contributed by atoms with Crippen LogP contribution in [0.5, 0.6) is 0 Å². The van der Waals surface area contributed by atoms with Crippen molar-refractivity contribution in [2.24, 2.45) is 5.10 Å². The Balaban J connectivity index is 1.63. The fourth-order valence-corrected chi connectivity index (χ4v) is 2.51. The van der Waals surface area contributed by atoms with Crippen LogP contribution in [0.4, 0.5) is 40.7 Å². The van der Waals surface area contributed by atoms with E-state index in [9.17, 15) is 22.4 Å². The summed E-state index contributed by atoms with van der Waals surface area (Å²) in [6, 6.07) is 7.92. The maximum Gasteiger partial charge on any atom is 0.416 e. The lowest BCUT2D eigenvalue weighted by atomic mass is 10.1. The van der Waals surface area contributed by atoms with E-state index in [1.54, 1.807) is 12.1 Å². The monoisotopic (exact) mass is 477 g/mol. The van der Waals surface area contributed by atoms with Crippen LogP contribution in [-0.2, 0) is 11.0 Å². The van der Waals surface area contributed by atoms with Crippen LogP contribution in [0, 0.1) is 5.82 Å². The van der Waals surface area contributed by atoms with Crippen LogP contribution >= 0.6 is 0 Å². The molecule has 9 nitrogen and oxygen atoms in total. The third kappa shape index (κ3) is 6.37. The number of halogens is 4. The van der Waals surface area contributed by atoms with Gasteiger partial charge in [-0.15, -0.1) is 0 Å². The first-order chi connectivity index (χ1) is 15.9. The summed E-state index contributed by atoms with van der Waals surface area (Å²) in [5.41, 5.74) is 1.35. The predicted molar refractivity (Wildman–Crippen MR) is 118 cm³/mol. The molecule has 1 aromatic carbocycles. The first kappa shape index (κ1) is 24.4. The van der Waals surface area contributed by atoms with Crippen molar-refractivity contribution in [1.29, 1.82) is 0 Å². The number of aliphatic carboxylic acids is 1. The third-order valence-corrected chi connectivity index (χ3v) is 4.34. The molecule has 0 amide bonds. The lowest BCUT2D eigenvalue weighted by Gasteiger charge is -2.21. The number of aromatic nitrogens is 3.